The highest BCUT2D eigenvalue weighted by atomic mass is 14.9. The molecule has 12 heavy (non-hydrogen) atoms. The van der Waals surface area contributed by atoms with Crippen LogP contribution in [0.15, 0.2) is 18.2 Å². The molecule has 0 bridgehead atoms. The summed E-state index contributed by atoms with van der Waals surface area (Å²) in [5.41, 5.74) is 4.36. The van der Waals surface area contributed by atoms with Crippen molar-refractivity contribution in [1.82, 2.24) is 5.32 Å². The molecule has 0 fully saturated rings. The van der Waals surface area contributed by atoms with Crippen LogP contribution in [0.2, 0.25) is 0 Å². The molecule has 1 atom stereocenters. The molecule has 1 aliphatic heterocycles. The van der Waals surface area contributed by atoms with Gasteiger partial charge < -0.3 is 5.32 Å². The van der Waals surface area contributed by atoms with Crippen molar-refractivity contribution in [2.75, 3.05) is 0 Å². The first-order valence-electron chi connectivity index (χ1n) is 4.64. The van der Waals surface area contributed by atoms with Crippen LogP contribution >= 0.6 is 0 Å². The molecular formula is C11H15N. The van der Waals surface area contributed by atoms with Gasteiger partial charge in [-0.2, -0.15) is 0 Å². The summed E-state index contributed by atoms with van der Waals surface area (Å²) >= 11 is 0. The van der Waals surface area contributed by atoms with Gasteiger partial charge in [0, 0.05) is 12.6 Å². The highest BCUT2D eigenvalue weighted by Crippen LogP contribution is 2.27. The Hall–Kier alpha value is -0.820. The summed E-state index contributed by atoms with van der Waals surface area (Å²) in [7, 11) is 0. The number of fused-ring (bicyclic) bond motifs is 1. The molecule has 0 radical (unpaired) electrons. The van der Waals surface area contributed by atoms with Crippen LogP contribution < -0.4 is 5.32 Å². The summed E-state index contributed by atoms with van der Waals surface area (Å²) in [6, 6.07) is 7.35. The van der Waals surface area contributed by atoms with Gasteiger partial charge in [-0.15, -0.1) is 0 Å². The lowest BCUT2D eigenvalue weighted by molar-refractivity contribution is 0.567. The van der Waals surface area contributed by atoms with E-state index in [4.69, 9.17) is 0 Å². The average molecular weight is 161 g/mol. The van der Waals surface area contributed by atoms with E-state index in [1.807, 2.05) is 0 Å². The van der Waals surface area contributed by atoms with E-state index in [1.165, 1.54) is 23.1 Å². The molecule has 2 rings (SSSR count). The van der Waals surface area contributed by atoms with E-state index in [0.717, 1.165) is 6.54 Å². The van der Waals surface area contributed by atoms with Crippen LogP contribution in [0.4, 0.5) is 0 Å². The summed E-state index contributed by atoms with van der Waals surface area (Å²) in [4.78, 5) is 0. The molecule has 0 saturated heterocycles. The number of hydrogen-bond donors (Lipinski definition) is 1. The van der Waals surface area contributed by atoms with Crippen LogP contribution in [-0.4, -0.2) is 0 Å². The van der Waals surface area contributed by atoms with Gasteiger partial charge in [-0.3, -0.25) is 0 Å². The van der Waals surface area contributed by atoms with Crippen molar-refractivity contribution in [3.05, 3.63) is 34.9 Å². The molecule has 0 aliphatic carbocycles. The lowest BCUT2D eigenvalue weighted by Crippen LogP contribution is -2.10. The molecule has 1 heterocycles. The highest BCUT2D eigenvalue weighted by Gasteiger charge is 2.19. The van der Waals surface area contributed by atoms with Gasteiger partial charge in [-0.25, -0.2) is 0 Å². The van der Waals surface area contributed by atoms with Crippen molar-refractivity contribution in [1.29, 1.82) is 0 Å². The maximum Gasteiger partial charge on any atom is 0.0323 e. The van der Waals surface area contributed by atoms with Gasteiger partial charge in [0.2, 0.25) is 0 Å². The smallest absolute Gasteiger partial charge is 0.0323 e. The zero-order valence-corrected chi connectivity index (χ0v) is 7.72. The molecule has 1 aromatic carbocycles. The fourth-order valence-corrected chi connectivity index (χ4v) is 1.93. The van der Waals surface area contributed by atoms with Crippen LogP contribution in [0.5, 0.6) is 0 Å². The average Bonchev–Trinajstić information content (AvgIpc) is 2.46. The first-order valence-corrected chi connectivity index (χ1v) is 4.64. The standard InChI is InChI=1S/C11H15N/c1-3-11-10-5-4-8(2)6-9(10)7-12-11/h4-6,11-12H,3,7H2,1-2H3. The first-order chi connectivity index (χ1) is 5.81. The van der Waals surface area contributed by atoms with E-state index in [9.17, 15) is 0 Å². The van der Waals surface area contributed by atoms with E-state index in [-0.39, 0.29) is 0 Å². The largest absolute Gasteiger partial charge is 0.306 e. The van der Waals surface area contributed by atoms with Crippen molar-refractivity contribution < 1.29 is 0 Å². The van der Waals surface area contributed by atoms with E-state index in [0.29, 0.717) is 6.04 Å². The molecule has 64 valence electrons. The fraction of sp³-hybridized carbons (Fsp3) is 0.455. The lowest BCUT2D eigenvalue weighted by atomic mass is 10.0. The summed E-state index contributed by atoms with van der Waals surface area (Å²) < 4.78 is 0. The topological polar surface area (TPSA) is 12.0 Å². The molecule has 1 aromatic rings. The fourth-order valence-electron chi connectivity index (χ4n) is 1.93. The Labute approximate surface area is 73.8 Å². The predicted molar refractivity (Wildman–Crippen MR) is 51.1 cm³/mol. The van der Waals surface area contributed by atoms with Crippen molar-refractivity contribution in [2.45, 2.75) is 32.9 Å². The normalized spacial score (nSPS) is 21.0. The number of benzene rings is 1. The second kappa shape index (κ2) is 2.91. The second-order valence-corrected chi connectivity index (χ2v) is 3.54. The van der Waals surface area contributed by atoms with E-state index in [1.54, 1.807) is 0 Å². The maximum absolute atomic E-state index is 3.50. The molecule has 0 spiro atoms. The third kappa shape index (κ3) is 1.14. The van der Waals surface area contributed by atoms with Gasteiger partial charge in [0.1, 0.15) is 0 Å². The zero-order valence-electron chi connectivity index (χ0n) is 7.72. The molecule has 0 amide bonds. The predicted octanol–water partition coefficient (Wildman–Crippen LogP) is 2.55. The Morgan fingerprint density at radius 3 is 3.08 bits per heavy atom. The van der Waals surface area contributed by atoms with Gasteiger partial charge in [0.25, 0.3) is 0 Å². The molecule has 1 aliphatic rings. The van der Waals surface area contributed by atoms with E-state index >= 15 is 0 Å². The minimum absolute atomic E-state index is 0.598. The van der Waals surface area contributed by atoms with Gasteiger partial charge in [0.05, 0.1) is 0 Å². The van der Waals surface area contributed by atoms with Crippen LogP contribution in [0, 0.1) is 6.92 Å². The molecule has 0 aromatic heterocycles. The van der Waals surface area contributed by atoms with Gasteiger partial charge in [0.15, 0.2) is 0 Å². The SMILES string of the molecule is CCC1NCc2cc(C)ccc21. The second-order valence-electron chi connectivity index (χ2n) is 3.54. The van der Waals surface area contributed by atoms with E-state index < -0.39 is 0 Å². The lowest BCUT2D eigenvalue weighted by Gasteiger charge is -2.07. The van der Waals surface area contributed by atoms with Crippen LogP contribution in [0.3, 0.4) is 0 Å². The summed E-state index contributed by atoms with van der Waals surface area (Å²) in [5, 5.41) is 3.50. The molecule has 0 saturated carbocycles. The Morgan fingerprint density at radius 2 is 2.33 bits per heavy atom. The number of nitrogens with one attached hydrogen (secondary N) is 1. The third-order valence-corrected chi connectivity index (χ3v) is 2.62. The summed E-state index contributed by atoms with van der Waals surface area (Å²) in [5.74, 6) is 0. The van der Waals surface area contributed by atoms with Gasteiger partial charge in [-0.1, -0.05) is 30.7 Å². The minimum Gasteiger partial charge on any atom is -0.306 e. The van der Waals surface area contributed by atoms with Gasteiger partial charge in [-0.05, 0) is 24.5 Å². The van der Waals surface area contributed by atoms with Gasteiger partial charge >= 0.3 is 0 Å². The maximum atomic E-state index is 3.50. The molecule has 1 unspecified atom stereocenters. The summed E-state index contributed by atoms with van der Waals surface area (Å²) in [6.45, 7) is 5.43. The van der Waals surface area contributed by atoms with Crippen molar-refractivity contribution in [3.63, 3.8) is 0 Å². The monoisotopic (exact) mass is 161 g/mol. The molecule has 1 heteroatoms. The third-order valence-electron chi connectivity index (χ3n) is 2.62. The summed E-state index contributed by atoms with van der Waals surface area (Å²) in [6.07, 6.45) is 1.19. The molecule has 1 nitrogen and oxygen atoms in total. The van der Waals surface area contributed by atoms with E-state index in [2.05, 4.69) is 37.4 Å². The quantitative estimate of drug-likeness (QED) is 0.667. The zero-order chi connectivity index (χ0) is 8.55. The van der Waals surface area contributed by atoms with Crippen molar-refractivity contribution in [2.24, 2.45) is 0 Å². The van der Waals surface area contributed by atoms with Crippen LogP contribution in [-0.2, 0) is 6.54 Å². The van der Waals surface area contributed by atoms with Crippen LogP contribution in [0.1, 0.15) is 36.1 Å². The molecular weight excluding hydrogens is 146 g/mol. The van der Waals surface area contributed by atoms with Crippen molar-refractivity contribution >= 4 is 0 Å². The minimum atomic E-state index is 0.598. The highest BCUT2D eigenvalue weighted by molar-refractivity contribution is 5.36. The Morgan fingerprint density at radius 1 is 1.50 bits per heavy atom. The van der Waals surface area contributed by atoms with Crippen LogP contribution in [0.25, 0.3) is 0 Å². The number of aryl methyl sites for hydroxylation is 1. The van der Waals surface area contributed by atoms with Crippen molar-refractivity contribution in [3.8, 4) is 0 Å². The first kappa shape index (κ1) is 7.81. The Balaban J connectivity index is 2.40. The Kier molecular flexibility index (Phi) is 1.89. The number of hydrogen-bond acceptors (Lipinski definition) is 1. The molecule has 1 N–H and O–H groups in total. The number of rotatable bonds is 1. The Bertz CT molecular complexity index is 291.